The van der Waals surface area contributed by atoms with Crippen LogP contribution in [0.5, 0.6) is 0 Å². The number of hydrogen-bond donors (Lipinski definition) is 2. The molecule has 0 aliphatic carbocycles. The van der Waals surface area contributed by atoms with Crippen LogP contribution in [0.25, 0.3) is 0 Å². The molecule has 5 nitrogen and oxygen atoms in total. The van der Waals surface area contributed by atoms with Crippen LogP contribution in [0.1, 0.15) is 13.8 Å². The Morgan fingerprint density at radius 3 is 2.77 bits per heavy atom. The zero-order valence-electron chi connectivity index (χ0n) is 8.50. The minimum absolute atomic E-state index is 0.0422. The van der Waals surface area contributed by atoms with E-state index >= 15 is 0 Å². The van der Waals surface area contributed by atoms with E-state index < -0.39 is 0 Å². The minimum atomic E-state index is -0.0422. The summed E-state index contributed by atoms with van der Waals surface area (Å²) in [5.41, 5.74) is 2.56. The largest absolute Gasteiger partial charge is 0.377 e. The summed E-state index contributed by atoms with van der Waals surface area (Å²) in [6, 6.07) is 0. The molecular formula is C8H18N4O. The number of ether oxygens (including phenoxy) is 1. The molecule has 76 valence electrons. The lowest BCUT2D eigenvalue weighted by Crippen LogP contribution is -2.60. The van der Waals surface area contributed by atoms with Crippen LogP contribution in [0.15, 0.2) is 4.99 Å². The van der Waals surface area contributed by atoms with Gasteiger partial charge in [-0.15, -0.1) is 0 Å². The molecule has 1 saturated heterocycles. The van der Waals surface area contributed by atoms with Crippen LogP contribution >= 0.6 is 0 Å². The molecule has 0 aromatic rings. The second kappa shape index (κ2) is 3.93. The highest BCUT2D eigenvalue weighted by Gasteiger charge is 2.32. The lowest BCUT2D eigenvalue weighted by Gasteiger charge is -2.43. The Morgan fingerprint density at radius 2 is 2.31 bits per heavy atom. The van der Waals surface area contributed by atoms with E-state index in [1.807, 2.05) is 0 Å². The SMILES string of the molecule is CN=C(NN)N1CCOCC1(C)C. The summed E-state index contributed by atoms with van der Waals surface area (Å²) >= 11 is 0. The van der Waals surface area contributed by atoms with Gasteiger partial charge >= 0.3 is 0 Å². The van der Waals surface area contributed by atoms with Crippen molar-refractivity contribution in [2.75, 3.05) is 26.8 Å². The number of nitrogens with zero attached hydrogens (tertiary/aromatic N) is 2. The van der Waals surface area contributed by atoms with Gasteiger partial charge in [-0.1, -0.05) is 0 Å². The van der Waals surface area contributed by atoms with Crippen LogP contribution in [-0.4, -0.2) is 43.2 Å². The molecule has 1 aliphatic rings. The molecule has 0 radical (unpaired) electrons. The van der Waals surface area contributed by atoms with Gasteiger partial charge in [-0.25, -0.2) is 5.84 Å². The maximum atomic E-state index is 5.39. The second-order valence-electron chi connectivity index (χ2n) is 3.71. The van der Waals surface area contributed by atoms with Gasteiger partial charge in [-0.05, 0) is 13.8 Å². The van der Waals surface area contributed by atoms with Crippen LogP contribution in [0.4, 0.5) is 0 Å². The Balaban J connectivity index is 2.75. The zero-order chi connectivity index (χ0) is 9.90. The first-order chi connectivity index (χ1) is 6.11. The standard InChI is InChI=1S/C8H18N4O/c1-8(2)6-13-5-4-12(8)7(10-3)11-9/h4-6,9H2,1-3H3,(H,10,11). The average molecular weight is 186 g/mol. The fraction of sp³-hybridized carbons (Fsp3) is 0.875. The third kappa shape index (κ3) is 2.10. The van der Waals surface area contributed by atoms with Gasteiger partial charge in [-0.2, -0.15) is 0 Å². The summed E-state index contributed by atoms with van der Waals surface area (Å²) < 4.78 is 5.39. The summed E-state index contributed by atoms with van der Waals surface area (Å²) in [5.74, 6) is 6.09. The van der Waals surface area contributed by atoms with Gasteiger partial charge in [0.15, 0.2) is 0 Å². The molecule has 3 N–H and O–H groups in total. The molecule has 0 aromatic heterocycles. The monoisotopic (exact) mass is 186 g/mol. The molecule has 5 heteroatoms. The summed E-state index contributed by atoms with van der Waals surface area (Å²) in [7, 11) is 1.72. The van der Waals surface area contributed by atoms with Crippen molar-refractivity contribution in [1.82, 2.24) is 10.3 Å². The Kier molecular flexibility index (Phi) is 3.11. The van der Waals surface area contributed by atoms with Crippen molar-refractivity contribution in [1.29, 1.82) is 0 Å². The molecule has 1 rings (SSSR count). The fourth-order valence-electron chi connectivity index (χ4n) is 1.51. The lowest BCUT2D eigenvalue weighted by atomic mass is 10.0. The maximum absolute atomic E-state index is 5.39. The lowest BCUT2D eigenvalue weighted by molar-refractivity contribution is -0.0167. The third-order valence-electron chi connectivity index (χ3n) is 2.24. The van der Waals surface area contributed by atoms with E-state index in [-0.39, 0.29) is 5.54 Å². The minimum Gasteiger partial charge on any atom is -0.377 e. The predicted molar refractivity (Wildman–Crippen MR) is 52.3 cm³/mol. The Bertz CT molecular complexity index is 202. The molecular weight excluding hydrogens is 168 g/mol. The topological polar surface area (TPSA) is 62.9 Å². The van der Waals surface area contributed by atoms with E-state index in [9.17, 15) is 0 Å². The van der Waals surface area contributed by atoms with Crippen molar-refractivity contribution in [3.8, 4) is 0 Å². The van der Waals surface area contributed by atoms with Crippen molar-refractivity contribution in [2.24, 2.45) is 10.8 Å². The van der Waals surface area contributed by atoms with E-state index in [1.54, 1.807) is 7.05 Å². The summed E-state index contributed by atoms with van der Waals surface area (Å²) in [6.07, 6.45) is 0. The molecule has 1 fully saturated rings. The molecule has 0 saturated carbocycles. The highest BCUT2D eigenvalue weighted by Crippen LogP contribution is 2.18. The van der Waals surface area contributed by atoms with E-state index in [2.05, 4.69) is 29.2 Å². The first kappa shape index (κ1) is 10.3. The van der Waals surface area contributed by atoms with Gasteiger partial charge in [0.2, 0.25) is 5.96 Å². The quantitative estimate of drug-likeness (QED) is 0.233. The Labute approximate surface area is 78.9 Å². The highest BCUT2D eigenvalue weighted by molar-refractivity contribution is 5.80. The van der Waals surface area contributed by atoms with Crippen molar-refractivity contribution in [3.63, 3.8) is 0 Å². The number of guanidine groups is 1. The van der Waals surface area contributed by atoms with Crippen molar-refractivity contribution >= 4 is 5.96 Å². The first-order valence-electron chi connectivity index (χ1n) is 4.40. The van der Waals surface area contributed by atoms with Crippen LogP contribution in [0.3, 0.4) is 0 Å². The van der Waals surface area contributed by atoms with Gasteiger partial charge in [0.25, 0.3) is 0 Å². The molecule has 13 heavy (non-hydrogen) atoms. The Morgan fingerprint density at radius 1 is 1.62 bits per heavy atom. The normalized spacial score (nSPS) is 23.1. The zero-order valence-corrected chi connectivity index (χ0v) is 8.50. The van der Waals surface area contributed by atoms with Crippen LogP contribution < -0.4 is 11.3 Å². The fourth-order valence-corrected chi connectivity index (χ4v) is 1.51. The predicted octanol–water partition coefficient (Wildman–Crippen LogP) is -0.454. The summed E-state index contributed by atoms with van der Waals surface area (Å²) in [6.45, 7) is 6.46. The number of rotatable bonds is 0. The molecule has 0 aromatic carbocycles. The van der Waals surface area contributed by atoms with Crippen LogP contribution in [-0.2, 0) is 4.74 Å². The van der Waals surface area contributed by atoms with Gasteiger partial charge in [0.1, 0.15) is 0 Å². The molecule has 0 amide bonds. The van der Waals surface area contributed by atoms with E-state index in [0.717, 1.165) is 13.2 Å². The van der Waals surface area contributed by atoms with Crippen molar-refractivity contribution in [3.05, 3.63) is 0 Å². The number of aliphatic imine (C=N–C) groups is 1. The van der Waals surface area contributed by atoms with E-state index in [1.165, 1.54) is 0 Å². The Hall–Kier alpha value is -0.810. The molecule has 1 heterocycles. The summed E-state index contributed by atoms with van der Waals surface area (Å²) in [5, 5.41) is 0. The summed E-state index contributed by atoms with van der Waals surface area (Å²) in [4.78, 5) is 6.20. The van der Waals surface area contributed by atoms with Crippen LogP contribution in [0.2, 0.25) is 0 Å². The van der Waals surface area contributed by atoms with Gasteiger partial charge in [0, 0.05) is 13.6 Å². The second-order valence-corrected chi connectivity index (χ2v) is 3.71. The number of nitrogens with one attached hydrogen (secondary N) is 1. The smallest absolute Gasteiger partial charge is 0.208 e. The number of hydrazine groups is 1. The van der Waals surface area contributed by atoms with E-state index in [0.29, 0.717) is 12.6 Å². The van der Waals surface area contributed by atoms with Gasteiger partial charge in [-0.3, -0.25) is 10.4 Å². The number of hydrogen-bond acceptors (Lipinski definition) is 3. The van der Waals surface area contributed by atoms with Gasteiger partial charge in [0.05, 0.1) is 18.8 Å². The van der Waals surface area contributed by atoms with Crippen molar-refractivity contribution in [2.45, 2.75) is 19.4 Å². The molecule has 0 spiro atoms. The number of nitrogens with two attached hydrogens (primary N) is 1. The molecule has 1 aliphatic heterocycles. The first-order valence-corrected chi connectivity index (χ1v) is 4.40. The molecule has 0 bridgehead atoms. The van der Waals surface area contributed by atoms with Gasteiger partial charge < -0.3 is 9.64 Å². The van der Waals surface area contributed by atoms with Crippen LogP contribution in [0, 0.1) is 0 Å². The molecule has 0 atom stereocenters. The third-order valence-corrected chi connectivity index (χ3v) is 2.24. The average Bonchev–Trinajstić information content (AvgIpc) is 2.09. The van der Waals surface area contributed by atoms with Crippen molar-refractivity contribution < 1.29 is 4.74 Å². The number of morpholine rings is 1. The highest BCUT2D eigenvalue weighted by atomic mass is 16.5. The maximum Gasteiger partial charge on any atom is 0.208 e. The molecule has 0 unspecified atom stereocenters. The van der Waals surface area contributed by atoms with E-state index in [4.69, 9.17) is 10.6 Å².